The van der Waals surface area contributed by atoms with E-state index in [2.05, 4.69) is 9.97 Å². The number of aliphatic hydroxyl groups excluding tert-OH is 2. The third-order valence-corrected chi connectivity index (χ3v) is 3.58. The summed E-state index contributed by atoms with van der Waals surface area (Å²) in [6.45, 7) is -0.460. The molecule has 0 radical (unpaired) electrons. The van der Waals surface area contributed by atoms with Crippen molar-refractivity contribution in [2.24, 2.45) is 0 Å². The Balaban J connectivity index is 2.21. The summed E-state index contributed by atoms with van der Waals surface area (Å²) in [6, 6.07) is 1.89. The lowest BCUT2D eigenvalue weighted by molar-refractivity contribution is -0.0505. The van der Waals surface area contributed by atoms with Crippen LogP contribution in [0.4, 0.5) is 5.95 Å². The fourth-order valence-electron chi connectivity index (χ4n) is 2.60. The number of nitrogen functional groups attached to an aromatic ring is 1. The number of nitrogens with two attached hydrogens (primary N) is 1. The minimum atomic E-state index is -0.999. The highest BCUT2D eigenvalue weighted by atomic mass is 16.5. The molecule has 10 heteroatoms. The first-order valence-electron chi connectivity index (χ1n) is 6.61. The fourth-order valence-corrected chi connectivity index (χ4v) is 2.60. The standard InChI is InChI=1S/C12H14N6O4/c13-1-2-17-7-4-15-11(14)16-9(7)18(12(17)21)10-8(20)3-6(5-19)22-10/h4,6,8,10,19-20H,2-3,5H2,(H2,14,15,16)/t6-,8+,10+/m0/s1. The van der Waals surface area contributed by atoms with E-state index in [0.717, 1.165) is 4.57 Å². The van der Waals surface area contributed by atoms with E-state index in [1.165, 1.54) is 10.8 Å². The van der Waals surface area contributed by atoms with E-state index >= 15 is 0 Å². The lowest BCUT2D eigenvalue weighted by Crippen LogP contribution is -2.32. The molecule has 0 amide bonds. The largest absolute Gasteiger partial charge is 0.394 e. The molecule has 0 saturated carbocycles. The van der Waals surface area contributed by atoms with Crippen LogP contribution in [0.15, 0.2) is 11.0 Å². The molecule has 1 saturated heterocycles. The van der Waals surface area contributed by atoms with E-state index in [4.69, 9.17) is 20.8 Å². The molecule has 4 N–H and O–H groups in total. The Morgan fingerprint density at radius 1 is 1.59 bits per heavy atom. The summed E-state index contributed by atoms with van der Waals surface area (Å²) in [5, 5.41) is 28.1. The molecule has 3 heterocycles. The van der Waals surface area contributed by atoms with Gasteiger partial charge in [0, 0.05) is 6.42 Å². The van der Waals surface area contributed by atoms with E-state index in [0.29, 0.717) is 5.52 Å². The number of rotatable bonds is 3. The first kappa shape index (κ1) is 14.5. The second-order valence-corrected chi connectivity index (χ2v) is 4.97. The number of nitrogens with zero attached hydrogens (tertiary/aromatic N) is 5. The molecule has 22 heavy (non-hydrogen) atoms. The zero-order chi connectivity index (χ0) is 15.9. The van der Waals surface area contributed by atoms with Gasteiger partial charge in [-0.15, -0.1) is 0 Å². The molecule has 1 aliphatic rings. The van der Waals surface area contributed by atoms with Crippen molar-refractivity contribution in [1.82, 2.24) is 19.1 Å². The van der Waals surface area contributed by atoms with Crippen LogP contribution in [-0.4, -0.2) is 48.1 Å². The van der Waals surface area contributed by atoms with Crippen LogP contribution in [0.1, 0.15) is 12.6 Å². The molecule has 0 bridgehead atoms. The summed E-state index contributed by atoms with van der Waals surface area (Å²) in [4.78, 5) is 20.4. The van der Waals surface area contributed by atoms with Crippen molar-refractivity contribution in [3.63, 3.8) is 0 Å². The van der Waals surface area contributed by atoms with Gasteiger partial charge in [0.1, 0.15) is 18.2 Å². The van der Waals surface area contributed by atoms with Crippen LogP contribution in [0.2, 0.25) is 0 Å². The smallest absolute Gasteiger partial charge is 0.333 e. The summed E-state index contributed by atoms with van der Waals surface area (Å²) in [5.41, 5.74) is 5.50. The van der Waals surface area contributed by atoms with Crippen molar-refractivity contribution in [3.8, 4) is 6.07 Å². The van der Waals surface area contributed by atoms with Gasteiger partial charge in [0.2, 0.25) is 5.95 Å². The molecule has 10 nitrogen and oxygen atoms in total. The monoisotopic (exact) mass is 306 g/mol. The van der Waals surface area contributed by atoms with Crippen LogP contribution >= 0.6 is 0 Å². The third kappa shape index (κ3) is 2.12. The highest BCUT2D eigenvalue weighted by molar-refractivity contribution is 5.72. The van der Waals surface area contributed by atoms with Gasteiger partial charge < -0.3 is 20.7 Å². The number of anilines is 1. The Morgan fingerprint density at radius 2 is 2.36 bits per heavy atom. The quantitative estimate of drug-likeness (QED) is 0.609. The lowest BCUT2D eigenvalue weighted by atomic mass is 10.2. The molecule has 0 spiro atoms. The molecule has 2 aromatic rings. The Kier molecular flexibility index (Phi) is 3.53. The normalized spacial score (nSPS) is 24.7. The number of hydrogen-bond acceptors (Lipinski definition) is 8. The average molecular weight is 306 g/mol. The van der Waals surface area contributed by atoms with Gasteiger partial charge in [-0.05, 0) is 0 Å². The van der Waals surface area contributed by atoms with Crippen LogP contribution in [-0.2, 0) is 11.3 Å². The predicted molar refractivity (Wildman–Crippen MR) is 73.4 cm³/mol. The number of hydrogen-bond donors (Lipinski definition) is 3. The number of nitriles is 1. The van der Waals surface area contributed by atoms with Crippen LogP contribution in [0.25, 0.3) is 11.2 Å². The minimum absolute atomic E-state index is 0.0402. The molecular formula is C12H14N6O4. The molecule has 3 rings (SSSR count). The summed E-state index contributed by atoms with van der Waals surface area (Å²) < 4.78 is 7.82. The Hall–Kier alpha value is -2.48. The lowest BCUT2D eigenvalue weighted by Gasteiger charge is -2.15. The number of aromatic nitrogens is 4. The van der Waals surface area contributed by atoms with Gasteiger partial charge in [0.05, 0.1) is 25.0 Å². The maximum absolute atomic E-state index is 12.5. The van der Waals surface area contributed by atoms with E-state index in [1.807, 2.05) is 6.07 Å². The number of ether oxygens (including phenoxy) is 1. The van der Waals surface area contributed by atoms with Crippen LogP contribution in [0.3, 0.4) is 0 Å². The number of imidazole rings is 1. The van der Waals surface area contributed by atoms with Crippen molar-refractivity contribution in [3.05, 3.63) is 16.7 Å². The van der Waals surface area contributed by atoms with E-state index in [-0.39, 0.29) is 31.2 Å². The highest BCUT2D eigenvalue weighted by Gasteiger charge is 2.37. The molecular weight excluding hydrogens is 292 g/mol. The van der Waals surface area contributed by atoms with Gasteiger partial charge >= 0.3 is 5.69 Å². The van der Waals surface area contributed by atoms with Gasteiger partial charge in [-0.1, -0.05) is 0 Å². The molecule has 0 unspecified atom stereocenters. The van der Waals surface area contributed by atoms with Crippen LogP contribution in [0, 0.1) is 11.3 Å². The van der Waals surface area contributed by atoms with E-state index < -0.39 is 24.1 Å². The molecule has 0 aliphatic carbocycles. The molecule has 0 aromatic carbocycles. The summed E-state index contributed by atoms with van der Waals surface area (Å²) in [6.07, 6.45) is -1.01. The van der Waals surface area contributed by atoms with Crippen LogP contribution < -0.4 is 11.4 Å². The van der Waals surface area contributed by atoms with Gasteiger partial charge in [0.15, 0.2) is 11.9 Å². The Morgan fingerprint density at radius 3 is 3.00 bits per heavy atom. The van der Waals surface area contributed by atoms with Gasteiger partial charge in [-0.3, -0.25) is 4.57 Å². The second-order valence-electron chi connectivity index (χ2n) is 4.97. The second kappa shape index (κ2) is 5.38. The first-order valence-corrected chi connectivity index (χ1v) is 6.61. The number of aliphatic hydroxyl groups is 2. The maximum Gasteiger partial charge on any atom is 0.333 e. The number of fused-ring (bicyclic) bond motifs is 1. The van der Waals surface area contributed by atoms with Crippen molar-refractivity contribution < 1.29 is 14.9 Å². The average Bonchev–Trinajstić information content (AvgIpc) is 2.98. The predicted octanol–water partition coefficient (Wildman–Crippen LogP) is -1.66. The summed E-state index contributed by atoms with van der Waals surface area (Å²) in [7, 11) is 0. The van der Waals surface area contributed by atoms with Gasteiger partial charge in [-0.25, -0.2) is 14.3 Å². The zero-order valence-electron chi connectivity index (χ0n) is 11.5. The SMILES string of the molecule is N#CCn1c(=O)n([C@@H]2O[C@H](CO)C[C@H]2O)c2nc(N)ncc21. The van der Waals surface area contributed by atoms with E-state index in [1.54, 1.807) is 0 Å². The topological polar surface area (TPSA) is 152 Å². The summed E-state index contributed by atoms with van der Waals surface area (Å²) >= 11 is 0. The minimum Gasteiger partial charge on any atom is -0.394 e. The van der Waals surface area contributed by atoms with Crippen molar-refractivity contribution in [2.45, 2.75) is 31.4 Å². The molecule has 1 fully saturated rings. The fraction of sp³-hybridized carbons (Fsp3) is 0.500. The molecule has 116 valence electrons. The molecule has 2 aromatic heterocycles. The summed E-state index contributed by atoms with van der Waals surface area (Å²) in [5.74, 6) is -0.0402. The Labute approximate surface area is 124 Å². The van der Waals surface area contributed by atoms with E-state index in [9.17, 15) is 9.90 Å². The highest BCUT2D eigenvalue weighted by Crippen LogP contribution is 2.29. The first-order chi connectivity index (χ1) is 10.6. The van der Waals surface area contributed by atoms with Crippen molar-refractivity contribution >= 4 is 17.1 Å². The van der Waals surface area contributed by atoms with Crippen molar-refractivity contribution in [2.75, 3.05) is 12.3 Å². The zero-order valence-corrected chi connectivity index (χ0v) is 11.5. The Bertz CT molecular complexity index is 806. The van der Waals surface area contributed by atoms with Gasteiger partial charge in [0.25, 0.3) is 0 Å². The van der Waals surface area contributed by atoms with Crippen LogP contribution in [0.5, 0.6) is 0 Å². The maximum atomic E-state index is 12.5. The van der Waals surface area contributed by atoms with Crippen molar-refractivity contribution in [1.29, 1.82) is 5.26 Å². The van der Waals surface area contributed by atoms with Gasteiger partial charge in [-0.2, -0.15) is 10.2 Å². The molecule has 3 atom stereocenters. The third-order valence-electron chi connectivity index (χ3n) is 3.58. The molecule has 1 aliphatic heterocycles.